The summed E-state index contributed by atoms with van der Waals surface area (Å²) in [5.41, 5.74) is 10.6. The summed E-state index contributed by atoms with van der Waals surface area (Å²) in [6, 6.07) is 20.2. The molecule has 0 radical (unpaired) electrons. The summed E-state index contributed by atoms with van der Waals surface area (Å²) in [5, 5.41) is 14.7. The molecule has 2 aromatic carbocycles. The lowest BCUT2D eigenvalue weighted by molar-refractivity contribution is 0.401. The van der Waals surface area contributed by atoms with Crippen LogP contribution >= 0.6 is 0 Å². The normalized spacial score (nSPS) is 16.5. The number of hydrogen-bond donors (Lipinski definition) is 3. The van der Waals surface area contributed by atoms with E-state index in [0.29, 0.717) is 5.92 Å². The second kappa shape index (κ2) is 15.2. The van der Waals surface area contributed by atoms with Crippen LogP contribution in [-0.2, 0) is 6.54 Å². The molecule has 0 unspecified atom stereocenters. The zero-order valence-electron chi connectivity index (χ0n) is 23.6. The van der Waals surface area contributed by atoms with Crippen LogP contribution in [0.5, 0.6) is 0 Å². The van der Waals surface area contributed by atoms with Crippen LogP contribution in [0.2, 0.25) is 0 Å². The SMILES string of the molecule is C=CNCCCC/C=C/CNCc1ccc(/C(C2=CC(C=N)=C(C)CC2)=C(\c2ccccc2)C2CCC2)cc1. The van der Waals surface area contributed by atoms with Gasteiger partial charge in [-0.15, -0.1) is 0 Å². The van der Waals surface area contributed by atoms with Crippen LogP contribution in [0.3, 0.4) is 0 Å². The van der Waals surface area contributed by atoms with Crippen LogP contribution in [-0.4, -0.2) is 19.3 Å². The number of hydrogen-bond acceptors (Lipinski definition) is 3. The van der Waals surface area contributed by atoms with Crippen LogP contribution in [0.15, 0.2) is 102 Å². The van der Waals surface area contributed by atoms with Crippen molar-refractivity contribution in [3.8, 4) is 0 Å². The first kappa shape index (κ1) is 28.6. The van der Waals surface area contributed by atoms with Gasteiger partial charge in [0, 0.05) is 25.8 Å². The van der Waals surface area contributed by atoms with Gasteiger partial charge in [-0.3, -0.25) is 0 Å². The molecular weight excluding hydrogens is 474 g/mol. The molecule has 0 amide bonds. The van der Waals surface area contributed by atoms with E-state index in [9.17, 15) is 0 Å². The van der Waals surface area contributed by atoms with Gasteiger partial charge in [0.05, 0.1) is 0 Å². The van der Waals surface area contributed by atoms with E-state index in [-0.39, 0.29) is 0 Å². The maximum Gasteiger partial charge on any atom is 0.0249 e. The van der Waals surface area contributed by atoms with Crippen LogP contribution in [0.4, 0.5) is 0 Å². The third kappa shape index (κ3) is 8.03. The molecule has 1 fully saturated rings. The largest absolute Gasteiger partial charge is 0.391 e. The molecule has 3 N–H and O–H groups in total. The number of benzene rings is 2. The highest BCUT2D eigenvalue weighted by atomic mass is 14.8. The zero-order chi connectivity index (χ0) is 27.3. The first-order chi connectivity index (χ1) is 19.2. The van der Waals surface area contributed by atoms with Gasteiger partial charge < -0.3 is 16.0 Å². The van der Waals surface area contributed by atoms with Crippen molar-refractivity contribution < 1.29 is 0 Å². The quantitative estimate of drug-likeness (QED) is 0.0954. The minimum Gasteiger partial charge on any atom is -0.391 e. The summed E-state index contributed by atoms with van der Waals surface area (Å²) in [5.74, 6) is 0.602. The van der Waals surface area contributed by atoms with Crippen LogP contribution < -0.4 is 10.6 Å². The molecule has 3 heteroatoms. The lowest BCUT2D eigenvalue weighted by Crippen LogP contribution is -2.16. The average Bonchev–Trinajstić information content (AvgIpc) is 2.94. The molecule has 0 aliphatic heterocycles. The summed E-state index contributed by atoms with van der Waals surface area (Å²) in [4.78, 5) is 0. The monoisotopic (exact) mass is 519 g/mol. The predicted molar refractivity (Wildman–Crippen MR) is 169 cm³/mol. The maximum atomic E-state index is 7.99. The van der Waals surface area contributed by atoms with Gasteiger partial charge in [0.1, 0.15) is 0 Å². The molecule has 0 saturated heterocycles. The summed E-state index contributed by atoms with van der Waals surface area (Å²) in [7, 11) is 0. The zero-order valence-corrected chi connectivity index (χ0v) is 23.6. The highest BCUT2D eigenvalue weighted by Gasteiger charge is 2.28. The van der Waals surface area contributed by atoms with Crippen molar-refractivity contribution in [2.24, 2.45) is 5.92 Å². The molecule has 39 heavy (non-hydrogen) atoms. The van der Waals surface area contributed by atoms with Gasteiger partial charge in [-0.05, 0) is 109 Å². The van der Waals surface area contributed by atoms with Gasteiger partial charge in [-0.2, -0.15) is 0 Å². The van der Waals surface area contributed by atoms with E-state index >= 15 is 0 Å². The molecule has 0 bridgehead atoms. The molecule has 0 spiro atoms. The van der Waals surface area contributed by atoms with Gasteiger partial charge in [0.15, 0.2) is 0 Å². The molecule has 2 aliphatic rings. The molecule has 204 valence electrons. The van der Waals surface area contributed by atoms with Gasteiger partial charge in [-0.25, -0.2) is 0 Å². The number of unbranched alkanes of at least 4 members (excludes halogenated alkanes) is 2. The van der Waals surface area contributed by atoms with Crippen molar-refractivity contribution in [2.45, 2.75) is 64.8 Å². The van der Waals surface area contributed by atoms with E-state index in [2.05, 4.69) is 97.0 Å². The Kier molecular flexibility index (Phi) is 11.2. The Hall–Kier alpha value is -3.43. The minimum absolute atomic E-state index is 0.602. The molecule has 4 rings (SSSR count). The summed E-state index contributed by atoms with van der Waals surface area (Å²) in [6.07, 6.45) is 19.5. The van der Waals surface area contributed by atoms with Crippen molar-refractivity contribution in [1.82, 2.24) is 10.6 Å². The lowest BCUT2D eigenvalue weighted by Gasteiger charge is -2.33. The van der Waals surface area contributed by atoms with Crippen molar-refractivity contribution in [3.63, 3.8) is 0 Å². The van der Waals surface area contributed by atoms with Crippen LogP contribution in [0.25, 0.3) is 11.1 Å². The molecule has 0 heterocycles. The summed E-state index contributed by atoms with van der Waals surface area (Å²) in [6.45, 7) is 8.61. The highest BCUT2D eigenvalue weighted by Crippen LogP contribution is 2.46. The van der Waals surface area contributed by atoms with Gasteiger partial charge >= 0.3 is 0 Å². The number of rotatable bonds is 15. The van der Waals surface area contributed by atoms with E-state index < -0.39 is 0 Å². The Balaban J connectivity index is 1.52. The Labute approximate surface area is 236 Å². The molecular formula is C36H45N3. The smallest absolute Gasteiger partial charge is 0.0249 e. The van der Waals surface area contributed by atoms with Gasteiger partial charge in [0.2, 0.25) is 0 Å². The number of allylic oxidation sites excluding steroid dienone is 7. The first-order valence-electron chi connectivity index (χ1n) is 14.7. The van der Waals surface area contributed by atoms with Crippen LogP contribution in [0.1, 0.15) is 75.0 Å². The Morgan fingerprint density at radius 2 is 1.77 bits per heavy atom. The van der Waals surface area contributed by atoms with Gasteiger partial charge in [0.25, 0.3) is 0 Å². The highest BCUT2D eigenvalue weighted by molar-refractivity contribution is 6.00. The lowest BCUT2D eigenvalue weighted by atomic mass is 9.72. The third-order valence-corrected chi connectivity index (χ3v) is 8.02. The molecule has 0 atom stereocenters. The van der Waals surface area contributed by atoms with E-state index in [0.717, 1.165) is 44.5 Å². The topological polar surface area (TPSA) is 47.9 Å². The fourth-order valence-corrected chi connectivity index (χ4v) is 5.51. The third-order valence-electron chi connectivity index (χ3n) is 8.02. The Bertz CT molecular complexity index is 1210. The van der Waals surface area contributed by atoms with Crippen molar-refractivity contribution >= 4 is 17.4 Å². The molecule has 2 aromatic rings. The summed E-state index contributed by atoms with van der Waals surface area (Å²) < 4.78 is 0. The average molecular weight is 520 g/mol. The first-order valence-corrected chi connectivity index (χ1v) is 14.7. The van der Waals surface area contributed by atoms with E-state index in [1.54, 1.807) is 6.20 Å². The molecule has 3 nitrogen and oxygen atoms in total. The van der Waals surface area contributed by atoms with Crippen molar-refractivity contribution in [3.05, 3.63) is 119 Å². The van der Waals surface area contributed by atoms with Crippen molar-refractivity contribution in [2.75, 3.05) is 13.1 Å². The van der Waals surface area contributed by atoms with E-state index in [4.69, 9.17) is 5.41 Å². The number of nitrogens with one attached hydrogen (secondary N) is 3. The van der Waals surface area contributed by atoms with Gasteiger partial charge in [-0.1, -0.05) is 85.3 Å². The van der Waals surface area contributed by atoms with E-state index in [1.165, 1.54) is 77.3 Å². The summed E-state index contributed by atoms with van der Waals surface area (Å²) >= 11 is 0. The fraction of sp³-hybridized carbons (Fsp3) is 0.361. The van der Waals surface area contributed by atoms with Crippen molar-refractivity contribution in [1.29, 1.82) is 5.41 Å². The fourth-order valence-electron chi connectivity index (χ4n) is 5.51. The molecule has 1 saturated carbocycles. The minimum atomic E-state index is 0.602. The molecule has 2 aliphatic carbocycles. The second-order valence-corrected chi connectivity index (χ2v) is 10.8. The maximum absolute atomic E-state index is 7.99. The Morgan fingerprint density at radius 3 is 2.46 bits per heavy atom. The second-order valence-electron chi connectivity index (χ2n) is 10.8. The Morgan fingerprint density at radius 1 is 0.974 bits per heavy atom. The predicted octanol–water partition coefficient (Wildman–Crippen LogP) is 8.63. The standard InChI is InChI=1S/C36H45N3/c1-3-38-23-10-5-4-6-11-24-39-27-29-18-21-32(22-19-29)36(33-20-17-28(2)34(25-33)26-37)35(31-15-12-16-31)30-13-8-7-9-14-30/h3,6-9,11,13-14,18-19,21-22,25-26,31,37-39H,1,4-5,10,12,15-17,20,23-24,27H2,2H3/b11-6+,36-35-,37-26?. The van der Waals surface area contributed by atoms with E-state index in [1.807, 2.05) is 0 Å². The van der Waals surface area contributed by atoms with Crippen LogP contribution in [0, 0.1) is 11.3 Å². The molecule has 0 aromatic heterocycles.